The van der Waals surface area contributed by atoms with Crippen LogP contribution in [0.1, 0.15) is 18.3 Å². The number of fused-ring (bicyclic) bond motifs is 1. The summed E-state index contributed by atoms with van der Waals surface area (Å²) in [6, 6.07) is 6.79. The number of methoxy groups -OCH3 is 1. The Bertz CT molecular complexity index is 923. The molecule has 2 aromatic rings. The van der Waals surface area contributed by atoms with E-state index in [0.717, 1.165) is 34.8 Å². The molecule has 0 spiro atoms. The summed E-state index contributed by atoms with van der Waals surface area (Å²) >= 11 is 0. The molecule has 26 heavy (non-hydrogen) atoms. The first-order chi connectivity index (χ1) is 12.3. The van der Waals surface area contributed by atoms with Crippen molar-refractivity contribution in [2.75, 3.05) is 19.9 Å². The van der Waals surface area contributed by atoms with Crippen LogP contribution < -0.4 is 9.46 Å². The van der Waals surface area contributed by atoms with Crippen molar-refractivity contribution in [1.29, 1.82) is 0 Å². The van der Waals surface area contributed by atoms with Crippen LogP contribution in [0.2, 0.25) is 0 Å². The third kappa shape index (κ3) is 4.05. The number of aromatic amines is 1. The minimum Gasteiger partial charge on any atom is -0.497 e. The van der Waals surface area contributed by atoms with Crippen molar-refractivity contribution in [2.24, 2.45) is 0 Å². The lowest BCUT2D eigenvalue weighted by molar-refractivity contribution is -0.133. The highest BCUT2D eigenvalue weighted by Crippen LogP contribution is 2.25. The highest BCUT2D eigenvalue weighted by Gasteiger charge is 2.28. The summed E-state index contributed by atoms with van der Waals surface area (Å²) in [7, 11) is -1.82. The molecule has 0 saturated carbocycles. The topological polar surface area (TPSA) is 104 Å². The quantitative estimate of drug-likeness (QED) is 0.805. The predicted octanol–water partition coefficient (Wildman–Crippen LogP) is 0.908. The van der Waals surface area contributed by atoms with Crippen LogP contribution in [0.25, 0.3) is 11.4 Å². The second kappa shape index (κ2) is 7.08. The Hall–Kier alpha value is -2.39. The first-order valence-electron chi connectivity index (χ1n) is 8.25. The SMILES string of the molecule is COc1cccc(-c2nc3c([nH]2)CN(C(=O)[C@@H](C)NS(C)(=O)=O)CC3)c1. The van der Waals surface area contributed by atoms with Gasteiger partial charge >= 0.3 is 0 Å². The smallest absolute Gasteiger partial charge is 0.240 e. The molecule has 0 aliphatic carbocycles. The molecular formula is C17H22N4O4S. The van der Waals surface area contributed by atoms with Crippen LogP contribution in [0, 0.1) is 0 Å². The number of rotatable bonds is 5. The summed E-state index contributed by atoms with van der Waals surface area (Å²) < 4.78 is 30.2. The molecule has 8 nitrogen and oxygen atoms in total. The van der Waals surface area contributed by atoms with Gasteiger partial charge in [-0.05, 0) is 19.1 Å². The molecule has 0 radical (unpaired) electrons. The Kier molecular flexibility index (Phi) is 5.01. The number of imidazole rings is 1. The van der Waals surface area contributed by atoms with E-state index in [1.165, 1.54) is 0 Å². The van der Waals surface area contributed by atoms with Crippen molar-refractivity contribution in [3.63, 3.8) is 0 Å². The van der Waals surface area contributed by atoms with E-state index >= 15 is 0 Å². The van der Waals surface area contributed by atoms with Crippen LogP contribution in [0.5, 0.6) is 5.75 Å². The molecule has 1 aromatic heterocycles. The Balaban J connectivity index is 1.77. The fourth-order valence-corrected chi connectivity index (χ4v) is 3.78. The molecule has 0 saturated heterocycles. The van der Waals surface area contributed by atoms with Gasteiger partial charge in [-0.1, -0.05) is 12.1 Å². The number of ether oxygens (including phenoxy) is 1. The number of nitrogens with one attached hydrogen (secondary N) is 2. The van der Waals surface area contributed by atoms with Gasteiger partial charge in [0.1, 0.15) is 11.6 Å². The summed E-state index contributed by atoms with van der Waals surface area (Å²) in [5.74, 6) is 1.22. The normalized spacial score (nSPS) is 15.4. The van der Waals surface area contributed by atoms with Crippen LogP contribution in [0.15, 0.2) is 24.3 Å². The molecule has 140 valence electrons. The van der Waals surface area contributed by atoms with Gasteiger partial charge in [0.05, 0.1) is 37.3 Å². The van der Waals surface area contributed by atoms with E-state index in [1.807, 2.05) is 24.3 Å². The van der Waals surface area contributed by atoms with Crippen LogP contribution in [0.4, 0.5) is 0 Å². The van der Waals surface area contributed by atoms with Gasteiger partial charge in [-0.15, -0.1) is 0 Å². The predicted molar refractivity (Wildman–Crippen MR) is 97.1 cm³/mol. The number of aromatic nitrogens is 2. The van der Waals surface area contributed by atoms with E-state index in [-0.39, 0.29) is 5.91 Å². The van der Waals surface area contributed by atoms with Crippen LogP contribution in [-0.2, 0) is 27.8 Å². The Morgan fingerprint density at radius 2 is 2.19 bits per heavy atom. The van der Waals surface area contributed by atoms with E-state index in [0.29, 0.717) is 19.5 Å². The van der Waals surface area contributed by atoms with Gasteiger partial charge in [-0.3, -0.25) is 4.79 Å². The number of hydrogen-bond acceptors (Lipinski definition) is 5. The molecule has 1 amide bonds. The zero-order valence-electron chi connectivity index (χ0n) is 14.9. The number of H-pyrrole nitrogens is 1. The Labute approximate surface area is 152 Å². The first kappa shape index (κ1) is 18.4. The van der Waals surface area contributed by atoms with E-state index in [9.17, 15) is 13.2 Å². The van der Waals surface area contributed by atoms with Crippen molar-refractivity contribution >= 4 is 15.9 Å². The lowest BCUT2D eigenvalue weighted by atomic mass is 10.1. The number of carbonyl (C=O) groups excluding carboxylic acids is 1. The molecule has 1 aliphatic heterocycles. The highest BCUT2D eigenvalue weighted by molar-refractivity contribution is 7.88. The summed E-state index contributed by atoms with van der Waals surface area (Å²) in [5.41, 5.74) is 2.70. The molecule has 1 aliphatic rings. The van der Waals surface area contributed by atoms with Crippen molar-refractivity contribution in [3.05, 3.63) is 35.7 Å². The molecule has 0 bridgehead atoms. The van der Waals surface area contributed by atoms with Crippen molar-refractivity contribution in [2.45, 2.75) is 25.9 Å². The summed E-state index contributed by atoms with van der Waals surface area (Å²) in [4.78, 5) is 22.0. The summed E-state index contributed by atoms with van der Waals surface area (Å²) in [6.07, 6.45) is 1.66. The maximum absolute atomic E-state index is 12.5. The zero-order chi connectivity index (χ0) is 18.9. The Morgan fingerprint density at radius 1 is 1.42 bits per heavy atom. The van der Waals surface area contributed by atoms with Gasteiger partial charge in [0.15, 0.2) is 0 Å². The molecule has 2 heterocycles. The Morgan fingerprint density at radius 3 is 2.88 bits per heavy atom. The minimum atomic E-state index is -3.44. The summed E-state index contributed by atoms with van der Waals surface area (Å²) in [6.45, 7) is 2.43. The average Bonchev–Trinajstić information content (AvgIpc) is 3.03. The molecule has 2 N–H and O–H groups in total. The number of nitrogens with zero attached hydrogens (tertiary/aromatic N) is 2. The fraction of sp³-hybridized carbons (Fsp3) is 0.412. The lowest BCUT2D eigenvalue weighted by Gasteiger charge is -2.28. The molecule has 1 atom stereocenters. The van der Waals surface area contributed by atoms with E-state index in [4.69, 9.17) is 4.74 Å². The molecule has 1 aromatic carbocycles. The van der Waals surface area contributed by atoms with Crippen molar-refractivity contribution in [3.8, 4) is 17.1 Å². The highest BCUT2D eigenvalue weighted by atomic mass is 32.2. The number of carbonyl (C=O) groups is 1. The maximum Gasteiger partial charge on any atom is 0.240 e. The van der Waals surface area contributed by atoms with Crippen molar-refractivity contribution < 1.29 is 17.9 Å². The first-order valence-corrected chi connectivity index (χ1v) is 10.1. The monoisotopic (exact) mass is 378 g/mol. The minimum absolute atomic E-state index is 0.251. The van der Waals surface area contributed by atoms with E-state index in [2.05, 4.69) is 14.7 Å². The lowest BCUT2D eigenvalue weighted by Crippen LogP contribution is -2.48. The largest absolute Gasteiger partial charge is 0.497 e. The van der Waals surface area contributed by atoms with Crippen LogP contribution in [-0.4, -0.2) is 55.1 Å². The van der Waals surface area contributed by atoms with Gasteiger partial charge in [-0.25, -0.2) is 18.1 Å². The van der Waals surface area contributed by atoms with E-state index < -0.39 is 16.1 Å². The zero-order valence-corrected chi connectivity index (χ0v) is 15.8. The standard InChI is InChI=1S/C17H22N4O4S/c1-11(20-26(3,23)24)17(22)21-8-7-14-15(10-21)19-16(18-14)12-5-4-6-13(9-12)25-2/h4-6,9,11,20H,7-8,10H2,1-3H3,(H,18,19)/t11-/m1/s1. The van der Waals surface area contributed by atoms with Gasteiger partial charge in [-0.2, -0.15) is 0 Å². The van der Waals surface area contributed by atoms with Gasteiger partial charge in [0, 0.05) is 18.5 Å². The number of benzene rings is 1. The average molecular weight is 378 g/mol. The molecule has 3 rings (SSSR count). The number of sulfonamides is 1. The third-order valence-corrected chi connectivity index (χ3v) is 5.03. The number of amides is 1. The fourth-order valence-electron chi connectivity index (χ4n) is 3.03. The van der Waals surface area contributed by atoms with Gasteiger partial charge < -0.3 is 14.6 Å². The molecule has 9 heteroatoms. The summed E-state index contributed by atoms with van der Waals surface area (Å²) in [5, 5.41) is 0. The van der Waals surface area contributed by atoms with Gasteiger partial charge in [0.25, 0.3) is 0 Å². The van der Waals surface area contributed by atoms with E-state index in [1.54, 1.807) is 18.9 Å². The molecule has 0 fully saturated rings. The number of hydrogen-bond donors (Lipinski definition) is 2. The second-order valence-corrected chi connectivity index (χ2v) is 8.14. The maximum atomic E-state index is 12.5. The van der Waals surface area contributed by atoms with Crippen LogP contribution >= 0.6 is 0 Å². The third-order valence-electron chi connectivity index (χ3n) is 4.25. The second-order valence-electron chi connectivity index (χ2n) is 6.36. The van der Waals surface area contributed by atoms with Crippen molar-refractivity contribution in [1.82, 2.24) is 19.6 Å². The van der Waals surface area contributed by atoms with Gasteiger partial charge in [0.2, 0.25) is 15.9 Å². The van der Waals surface area contributed by atoms with Crippen LogP contribution in [0.3, 0.4) is 0 Å². The molecular weight excluding hydrogens is 356 g/mol. The molecule has 0 unspecified atom stereocenters.